The lowest BCUT2D eigenvalue weighted by Gasteiger charge is -2.09. The van der Waals surface area contributed by atoms with Crippen LogP contribution < -0.4 is 0 Å². The van der Waals surface area contributed by atoms with Gasteiger partial charge < -0.3 is 5.11 Å². The zero-order valence-corrected chi connectivity index (χ0v) is 9.42. The Hall–Kier alpha value is -0.730. The van der Waals surface area contributed by atoms with Crippen LogP contribution in [0.4, 0.5) is 0 Å². The maximum atomic E-state index is 9.52. The van der Waals surface area contributed by atoms with Crippen LogP contribution in [0.1, 0.15) is 20.3 Å². The molecule has 0 amide bonds. The van der Waals surface area contributed by atoms with Gasteiger partial charge in [-0.25, -0.2) is 0 Å². The SMILES string of the molecule is CC/C=C(/Sc1ccccc1)C(C)O. The van der Waals surface area contributed by atoms with Crippen LogP contribution in [0, 0.1) is 0 Å². The molecular weight excluding hydrogens is 192 g/mol. The van der Waals surface area contributed by atoms with Gasteiger partial charge in [-0.2, -0.15) is 0 Å². The highest BCUT2D eigenvalue weighted by Crippen LogP contribution is 2.28. The average Bonchev–Trinajstić information content (AvgIpc) is 2.18. The Morgan fingerprint density at radius 3 is 2.57 bits per heavy atom. The number of rotatable bonds is 4. The number of aliphatic hydroxyl groups excluding tert-OH is 1. The van der Waals surface area contributed by atoms with Crippen LogP contribution in [0.5, 0.6) is 0 Å². The molecule has 1 atom stereocenters. The van der Waals surface area contributed by atoms with Crippen molar-refractivity contribution in [2.45, 2.75) is 31.3 Å². The lowest BCUT2D eigenvalue weighted by molar-refractivity contribution is 0.240. The summed E-state index contributed by atoms with van der Waals surface area (Å²) in [5, 5.41) is 9.52. The maximum Gasteiger partial charge on any atom is 0.0820 e. The van der Waals surface area contributed by atoms with Crippen molar-refractivity contribution in [3.05, 3.63) is 41.3 Å². The van der Waals surface area contributed by atoms with Crippen molar-refractivity contribution in [1.82, 2.24) is 0 Å². The van der Waals surface area contributed by atoms with E-state index < -0.39 is 0 Å². The van der Waals surface area contributed by atoms with Crippen molar-refractivity contribution in [1.29, 1.82) is 0 Å². The van der Waals surface area contributed by atoms with Crippen LogP contribution in [-0.4, -0.2) is 11.2 Å². The van der Waals surface area contributed by atoms with Gasteiger partial charge in [0.15, 0.2) is 0 Å². The van der Waals surface area contributed by atoms with E-state index in [1.54, 1.807) is 18.7 Å². The molecule has 0 fully saturated rings. The van der Waals surface area contributed by atoms with Gasteiger partial charge in [-0.3, -0.25) is 0 Å². The van der Waals surface area contributed by atoms with E-state index in [1.165, 1.54) is 4.90 Å². The van der Waals surface area contributed by atoms with Gasteiger partial charge in [-0.15, -0.1) is 0 Å². The summed E-state index contributed by atoms with van der Waals surface area (Å²) >= 11 is 1.63. The van der Waals surface area contributed by atoms with Crippen molar-refractivity contribution < 1.29 is 5.11 Å². The minimum atomic E-state index is -0.375. The molecule has 0 aliphatic carbocycles. The highest BCUT2D eigenvalue weighted by molar-refractivity contribution is 8.03. The summed E-state index contributed by atoms with van der Waals surface area (Å²) in [6.07, 6.45) is 2.66. The van der Waals surface area contributed by atoms with Crippen molar-refractivity contribution >= 4 is 11.8 Å². The summed E-state index contributed by atoms with van der Waals surface area (Å²) in [5.41, 5.74) is 0. The lowest BCUT2D eigenvalue weighted by Crippen LogP contribution is -2.00. The largest absolute Gasteiger partial charge is 0.388 e. The predicted molar refractivity (Wildman–Crippen MR) is 62.4 cm³/mol. The van der Waals surface area contributed by atoms with Crippen LogP contribution in [0.25, 0.3) is 0 Å². The van der Waals surface area contributed by atoms with Crippen LogP contribution in [0.3, 0.4) is 0 Å². The zero-order chi connectivity index (χ0) is 10.4. The van der Waals surface area contributed by atoms with E-state index in [0.29, 0.717) is 0 Å². The molecule has 0 saturated carbocycles. The van der Waals surface area contributed by atoms with Crippen LogP contribution >= 0.6 is 11.8 Å². The van der Waals surface area contributed by atoms with E-state index in [9.17, 15) is 5.11 Å². The normalized spacial score (nSPS) is 14.1. The third-order valence-corrected chi connectivity index (χ3v) is 3.05. The number of hydrogen-bond acceptors (Lipinski definition) is 2. The van der Waals surface area contributed by atoms with Crippen LogP contribution in [0.2, 0.25) is 0 Å². The Morgan fingerprint density at radius 1 is 1.43 bits per heavy atom. The zero-order valence-electron chi connectivity index (χ0n) is 8.60. The second kappa shape index (κ2) is 5.89. The van der Waals surface area contributed by atoms with E-state index in [2.05, 4.69) is 25.1 Å². The quantitative estimate of drug-likeness (QED) is 0.765. The van der Waals surface area contributed by atoms with Crippen molar-refractivity contribution in [2.24, 2.45) is 0 Å². The molecule has 0 heterocycles. The van der Waals surface area contributed by atoms with Gasteiger partial charge in [-0.05, 0) is 25.5 Å². The predicted octanol–water partition coefficient (Wildman–Crippen LogP) is 3.45. The summed E-state index contributed by atoms with van der Waals surface area (Å²) in [4.78, 5) is 2.20. The van der Waals surface area contributed by atoms with Crippen LogP contribution in [-0.2, 0) is 0 Å². The molecule has 1 aromatic carbocycles. The Labute approximate surface area is 89.8 Å². The van der Waals surface area contributed by atoms with Crippen LogP contribution in [0.15, 0.2) is 46.2 Å². The Balaban J connectivity index is 2.70. The monoisotopic (exact) mass is 208 g/mol. The van der Waals surface area contributed by atoms with E-state index in [0.717, 1.165) is 11.3 Å². The fourth-order valence-electron chi connectivity index (χ4n) is 1.12. The molecule has 14 heavy (non-hydrogen) atoms. The van der Waals surface area contributed by atoms with Gasteiger partial charge in [0, 0.05) is 9.80 Å². The topological polar surface area (TPSA) is 20.2 Å². The van der Waals surface area contributed by atoms with Gasteiger partial charge in [0.25, 0.3) is 0 Å². The Morgan fingerprint density at radius 2 is 2.07 bits per heavy atom. The molecule has 0 saturated heterocycles. The van der Waals surface area contributed by atoms with E-state index in [-0.39, 0.29) is 6.10 Å². The fourth-order valence-corrected chi connectivity index (χ4v) is 2.11. The number of benzene rings is 1. The van der Waals surface area contributed by atoms with Gasteiger partial charge in [0.2, 0.25) is 0 Å². The van der Waals surface area contributed by atoms with Crippen molar-refractivity contribution in [3.63, 3.8) is 0 Å². The first-order valence-electron chi connectivity index (χ1n) is 4.85. The molecule has 1 N–H and O–H groups in total. The highest BCUT2D eigenvalue weighted by atomic mass is 32.2. The molecule has 0 aliphatic heterocycles. The first-order valence-corrected chi connectivity index (χ1v) is 5.66. The summed E-state index contributed by atoms with van der Waals surface area (Å²) in [5.74, 6) is 0. The highest BCUT2D eigenvalue weighted by Gasteiger charge is 2.05. The van der Waals surface area contributed by atoms with Crippen molar-refractivity contribution in [2.75, 3.05) is 0 Å². The molecule has 2 heteroatoms. The molecule has 0 aliphatic rings. The first kappa shape index (κ1) is 11.3. The van der Waals surface area contributed by atoms with E-state index in [1.807, 2.05) is 18.2 Å². The minimum absolute atomic E-state index is 0.375. The number of allylic oxidation sites excluding steroid dienone is 1. The molecule has 0 aromatic heterocycles. The molecule has 1 rings (SSSR count). The third kappa shape index (κ3) is 3.56. The van der Waals surface area contributed by atoms with E-state index in [4.69, 9.17) is 0 Å². The number of thioether (sulfide) groups is 1. The molecular formula is C12H16OS. The third-order valence-electron chi connectivity index (χ3n) is 1.80. The smallest absolute Gasteiger partial charge is 0.0820 e. The number of hydrogen-bond donors (Lipinski definition) is 1. The van der Waals surface area contributed by atoms with Gasteiger partial charge >= 0.3 is 0 Å². The molecule has 76 valence electrons. The Bertz CT molecular complexity index is 290. The molecule has 0 spiro atoms. The summed E-state index contributed by atoms with van der Waals surface area (Å²) < 4.78 is 0. The summed E-state index contributed by atoms with van der Waals surface area (Å²) in [6, 6.07) is 10.1. The summed E-state index contributed by atoms with van der Waals surface area (Å²) in [6.45, 7) is 3.88. The maximum absolute atomic E-state index is 9.52. The first-order chi connectivity index (χ1) is 6.74. The van der Waals surface area contributed by atoms with Crippen molar-refractivity contribution in [3.8, 4) is 0 Å². The number of aliphatic hydroxyl groups is 1. The second-order valence-corrected chi connectivity index (χ2v) is 4.25. The second-order valence-electron chi connectivity index (χ2n) is 3.11. The Kier molecular flexibility index (Phi) is 4.77. The summed E-state index contributed by atoms with van der Waals surface area (Å²) in [7, 11) is 0. The van der Waals surface area contributed by atoms with Gasteiger partial charge in [0.1, 0.15) is 0 Å². The lowest BCUT2D eigenvalue weighted by atomic mass is 10.3. The van der Waals surface area contributed by atoms with E-state index >= 15 is 0 Å². The molecule has 0 radical (unpaired) electrons. The molecule has 1 aromatic rings. The molecule has 1 unspecified atom stereocenters. The molecule has 0 bridgehead atoms. The molecule has 1 nitrogen and oxygen atoms in total. The average molecular weight is 208 g/mol. The van der Waals surface area contributed by atoms with Gasteiger partial charge in [-0.1, -0.05) is 43.0 Å². The minimum Gasteiger partial charge on any atom is -0.388 e. The van der Waals surface area contributed by atoms with Gasteiger partial charge in [0.05, 0.1) is 6.10 Å². The standard InChI is InChI=1S/C12H16OS/c1-3-7-12(10(2)13)14-11-8-5-4-6-9-11/h4-10,13H,3H2,1-2H3/b12-7+. The fraction of sp³-hybridized carbons (Fsp3) is 0.333.